The van der Waals surface area contributed by atoms with Gasteiger partial charge in [-0.25, -0.2) is 28.7 Å². The molecule has 0 spiro atoms. The standard InChI is InChI=1S/C23H27ClFN5O3.C18H15ClFN3O3.C5H12N2/c1-29-5-7-30(8-6-29)12-16(31)13-33-22-11-20-17(10-21(22)32-2)23(27-14-26-20)28-19-4-3-15(24)9-18(19)25;1-24-16-5-12-15(6-17(16)26-8-11-7-25-11)21-9-22-18(12)23-14-3-2-10(19)4-13(14)20;1-7-4-2-6-3-5-7/h3-4,9-11,14,16,31H,5-8,12-13H2,1-2H3,(H,26,27,28);2-6,9,11H,7-8H2,1H3,(H,21,22,23);6H,2-5H2,1H3. The normalized spacial score (nSPS) is 16.9. The molecule has 0 amide bonds. The van der Waals surface area contributed by atoms with Crippen LogP contribution < -0.4 is 34.9 Å². The first-order chi connectivity index (χ1) is 32.0. The lowest BCUT2D eigenvalue weighted by atomic mass is 10.2. The van der Waals surface area contributed by atoms with Gasteiger partial charge in [0.2, 0.25) is 0 Å². The Morgan fingerprint density at radius 1 is 0.712 bits per heavy atom. The van der Waals surface area contributed by atoms with E-state index in [4.69, 9.17) is 46.9 Å². The molecule has 2 aromatic heterocycles. The second-order valence-electron chi connectivity index (χ2n) is 15.9. The van der Waals surface area contributed by atoms with Crippen LogP contribution in [0.5, 0.6) is 23.0 Å². The maximum Gasteiger partial charge on any atom is 0.163 e. The highest BCUT2D eigenvalue weighted by molar-refractivity contribution is 6.31. The highest BCUT2D eigenvalue weighted by Crippen LogP contribution is 2.37. The molecular formula is C46H54Cl2F2N10O6. The van der Waals surface area contributed by atoms with Crippen LogP contribution in [-0.4, -0.2) is 159 Å². The number of hydrogen-bond acceptors (Lipinski definition) is 16. The van der Waals surface area contributed by atoms with Crippen LogP contribution in [0, 0.1) is 11.6 Å². The third kappa shape index (κ3) is 13.6. The summed E-state index contributed by atoms with van der Waals surface area (Å²) in [6.07, 6.45) is 2.28. The molecule has 16 nitrogen and oxygen atoms in total. The number of piperazine rings is 2. The minimum Gasteiger partial charge on any atom is -0.493 e. The van der Waals surface area contributed by atoms with Crippen LogP contribution in [0.2, 0.25) is 10.0 Å². The molecule has 0 radical (unpaired) electrons. The molecule has 4 N–H and O–H groups in total. The summed E-state index contributed by atoms with van der Waals surface area (Å²) in [4.78, 5) is 23.9. The SMILES string of the molecule is CN1CCNCC1.COc1cc2c(Nc3ccc(Cl)cc3F)ncnc2cc1OCC(O)CN1CCN(C)CC1.COc1cc2c(Nc3ccc(Cl)cc3F)ncnc2cc1OCC1CO1. The number of anilines is 4. The summed E-state index contributed by atoms with van der Waals surface area (Å²) in [7, 11) is 7.34. The van der Waals surface area contributed by atoms with Crippen LogP contribution in [0.25, 0.3) is 21.8 Å². The van der Waals surface area contributed by atoms with Crippen LogP contribution in [-0.2, 0) is 4.74 Å². The number of aliphatic hydroxyl groups excluding tert-OH is 1. The molecule has 2 unspecified atom stereocenters. The molecule has 3 saturated heterocycles. The molecule has 5 heterocycles. The van der Waals surface area contributed by atoms with Crippen molar-refractivity contribution in [1.82, 2.24) is 40.0 Å². The van der Waals surface area contributed by atoms with Gasteiger partial charge in [-0.1, -0.05) is 23.2 Å². The fourth-order valence-electron chi connectivity index (χ4n) is 7.00. The number of hydrogen-bond donors (Lipinski definition) is 4. The van der Waals surface area contributed by atoms with Gasteiger partial charge >= 0.3 is 0 Å². The van der Waals surface area contributed by atoms with Crippen LogP contribution in [0.4, 0.5) is 31.8 Å². The number of fused-ring (bicyclic) bond motifs is 2. The number of halogens is 4. The Morgan fingerprint density at radius 3 is 1.67 bits per heavy atom. The minimum absolute atomic E-state index is 0.125. The molecule has 3 fully saturated rings. The first kappa shape index (κ1) is 48.5. The van der Waals surface area contributed by atoms with Gasteiger partial charge in [-0.2, -0.15) is 0 Å². The van der Waals surface area contributed by atoms with Crippen molar-refractivity contribution in [2.45, 2.75) is 12.2 Å². The van der Waals surface area contributed by atoms with Gasteiger partial charge in [0.05, 0.1) is 43.2 Å². The Balaban J connectivity index is 0.000000174. The number of nitrogens with zero attached hydrogens (tertiary/aromatic N) is 7. The number of ether oxygens (including phenoxy) is 5. The molecule has 20 heteroatoms. The predicted molar refractivity (Wildman–Crippen MR) is 253 cm³/mol. The van der Waals surface area contributed by atoms with E-state index in [2.05, 4.69) is 64.7 Å². The summed E-state index contributed by atoms with van der Waals surface area (Å²) < 4.78 is 56.0. The Kier molecular flexibility index (Phi) is 17.1. The van der Waals surface area contributed by atoms with Crippen molar-refractivity contribution in [3.8, 4) is 23.0 Å². The van der Waals surface area contributed by atoms with E-state index in [1.54, 1.807) is 55.6 Å². The Hall–Kier alpha value is -5.44. The van der Waals surface area contributed by atoms with E-state index < -0.39 is 17.7 Å². The molecule has 352 valence electrons. The largest absolute Gasteiger partial charge is 0.493 e. The van der Waals surface area contributed by atoms with Gasteiger partial charge < -0.3 is 54.5 Å². The van der Waals surface area contributed by atoms with Crippen LogP contribution in [0.15, 0.2) is 73.3 Å². The molecule has 0 saturated carbocycles. The molecule has 2 atom stereocenters. The van der Waals surface area contributed by atoms with Crippen molar-refractivity contribution >= 4 is 68.0 Å². The van der Waals surface area contributed by atoms with Crippen LogP contribution >= 0.6 is 23.2 Å². The second-order valence-corrected chi connectivity index (χ2v) is 16.7. The summed E-state index contributed by atoms with van der Waals surface area (Å²) in [5.74, 6) is 1.93. The second kappa shape index (κ2) is 23.3. The molecular weight excluding hydrogens is 897 g/mol. The van der Waals surface area contributed by atoms with Crippen molar-refractivity contribution < 1.29 is 37.6 Å². The summed E-state index contributed by atoms with van der Waals surface area (Å²) in [6, 6.07) is 15.7. The maximum atomic E-state index is 14.2. The number of nitrogens with one attached hydrogen (secondary N) is 3. The molecule has 0 aliphatic carbocycles. The summed E-state index contributed by atoms with van der Waals surface area (Å²) >= 11 is 11.6. The van der Waals surface area contributed by atoms with Crippen LogP contribution in [0.1, 0.15) is 0 Å². The van der Waals surface area contributed by atoms with E-state index in [1.165, 1.54) is 45.0 Å². The summed E-state index contributed by atoms with van der Waals surface area (Å²) in [5.41, 5.74) is 1.74. The topological polar surface area (TPSA) is 167 Å². The van der Waals surface area contributed by atoms with Gasteiger partial charge in [0.1, 0.15) is 61.3 Å². The van der Waals surface area contributed by atoms with Gasteiger partial charge in [0, 0.05) is 91.9 Å². The molecule has 0 bridgehead atoms. The van der Waals surface area contributed by atoms with Crippen molar-refractivity contribution in [3.63, 3.8) is 0 Å². The van der Waals surface area contributed by atoms with E-state index >= 15 is 0 Å². The van der Waals surface area contributed by atoms with Crippen LogP contribution in [0.3, 0.4) is 0 Å². The quantitative estimate of drug-likeness (QED) is 0.0859. The lowest BCUT2D eigenvalue weighted by Crippen LogP contribution is -2.47. The zero-order valence-electron chi connectivity index (χ0n) is 37.2. The minimum atomic E-state index is -0.635. The van der Waals surface area contributed by atoms with E-state index in [1.807, 2.05) is 0 Å². The molecule has 3 aliphatic heterocycles. The average Bonchev–Trinajstić information content (AvgIpc) is 4.15. The lowest BCUT2D eigenvalue weighted by molar-refractivity contribution is 0.0498. The Morgan fingerprint density at radius 2 is 1.21 bits per heavy atom. The summed E-state index contributed by atoms with van der Waals surface area (Å²) in [5, 5.41) is 21.6. The van der Waals surface area contributed by atoms with E-state index in [-0.39, 0.29) is 24.1 Å². The first-order valence-corrected chi connectivity index (χ1v) is 22.2. The Bertz CT molecular complexity index is 2550. The Labute approximate surface area is 392 Å². The number of methoxy groups -OCH3 is 2. The fraction of sp³-hybridized carbons (Fsp3) is 0.391. The molecule has 6 aromatic rings. The predicted octanol–water partition coefficient (Wildman–Crippen LogP) is 6.64. The van der Waals surface area contributed by atoms with E-state index in [9.17, 15) is 13.9 Å². The zero-order chi connectivity index (χ0) is 46.6. The number of epoxide rings is 1. The van der Waals surface area contributed by atoms with Crippen molar-refractivity contribution in [2.24, 2.45) is 0 Å². The number of β-amino-alcohol motifs (C(OH)–C–C–N with tert-alkyl or cyclic N) is 1. The number of likely N-dealkylation sites (N-methyl/N-ethyl adjacent to an activating group) is 2. The number of aromatic nitrogens is 4. The lowest BCUT2D eigenvalue weighted by Gasteiger charge is -2.33. The van der Waals surface area contributed by atoms with Gasteiger partial charge in [-0.15, -0.1) is 0 Å². The number of aliphatic hydroxyl groups is 1. The number of benzene rings is 4. The van der Waals surface area contributed by atoms with Gasteiger partial charge in [-0.3, -0.25) is 4.90 Å². The van der Waals surface area contributed by atoms with Gasteiger partial charge in [-0.05, 0) is 62.6 Å². The smallest absolute Gasteiger partial charge is 0.163 e. The van der Waals surface area contributed by atoms with Gasteiger partial charge in [0.25, 0.3) is 0 Å². The average molecular weight is 952 g/mol. The number of rotatable bonds is 14. The summed E-state index contributed by atoms with van der Waals surface area (Å²) in [6.45, 7) is 10.4. The first-order valence-electron chi connectivity index (χ1n) is 21.4. The van der Waals surface area contributed by atoms with E-state index in [0.29, 0.717) is 86.2 Å². The highest BCUT2D eigenvalue weighted by atomic mass is 35.5. The molecule has 66 heavy (non-hydrogen) atoms. The fourth-order valence-corrected chi connectivity index (χ4v) is 7.32. The van der Waals surface area contributed by atoms with Gasteiger partial charge in [0.15, 0.2) is 23.0 Å². The molecule has 4 aromatic carbocycles. The molecule has 9 rings (SSSR count). The molecule has 3 aliphatic rings. The van der Waals surface area contributed by atoms with E-state index in [0.717, 1.165) is 39.3 Å². The highest BCUT2D eigenvalue weighted by Gasteiger charge is 2.24. The monoisotopic (exact) mass is 950 g/mol. The van der Waals surface area contributed by atoms with Crippen molar-refractivity contribution in [3.05, 3.63) is 95.0 Å². The van der Waals surface area contributed by atoms with Crippen molar-refractivity contribution in [2.75, 3.05) is 118 Å². The van der Waals surface area contributed by atoms with Crippen molar-refractivity contribution in [1.29, 1.82) is 0 Å². The zero-order valence-corrected chi connectivity index (χ0v) is 38.7. The third-order valence-electron chi connectivity index (χ3n) is 10.9. The third-order valence-corrected chi connectivity index (χ3v) is 11.3. The maximum absolute atomic E-state index is 14.2.